The summed E-state index contributed by atoms with van der Waals surface area (Å²) >= 11 is 0. The van der Waals surface area contributed by atoms with E-state index >= 15 is 0 Å². The topological polar surface area (TPSA) is 98.5 Å². The number of carbonyl (C=O) groups is 1. The molecule has 0 saturated heterocycles. The van der Waals surface area contributed by atoms with E-state index in [-0.39, 0.29) is 18.2 Å². The van der Waals surface area contributed by atoms with Crippen LogP contribution in [0.1, 0.15) is 17.5 Å². The van der Waals surface area contributed by atoms with E-state index in [0.29, 0.717) is 6.61 Å². The largest absolute Gasteiger partial charge is 0.476 e. The van der Waals surface area contributed by atoms with E-state index in [9.17, 15) is 13.2 Å². The molecule has 0 atom stereocenters. The number of ether oxygens (including phenoxy) is 1. The van der Waals surface area contributed by atoms with Crippen LogP contribution in [-0.4, -0.2) is 38.9 Å². The third kappa shape index (κ3) is 5.00. The zero-order valence-electron chi connectivity index (χ0n) is 10.0. The van der Waals surface area contributed by atoms with E-state index < -0.39 is 15.7 Å². The number of carbonyl (C=O) groups excluding carboxylic acids is 1. The van der Waals surface area contributed by atoms with Crippen LogP contribution < -0.4 is 10.1 Å². The molecule has 0 spiro atoms. The first-order valence-corrected chi connectivity index (χ1v) is 7.12. The lowest BCUT2D eigenvalue weighted by Gasteiger charge is -1.96. The molecule has 0 unspecified atom stereocenters. The molecule has 0 aromatic carbocycles. The third-order valence-electron chi connectivity index (χ3n) is 1.73. The predicted octanol–water partition coefficient (Wildman–Crippen LogP) is 0.361. The third-order valence-corrected chi connectivity index (χ3v) is 2.42. The minimum absolute atomic E-state index is 0.00575. The normalized spacial score (nSPS) is 11.7. The molecule has 0 aliphatic rings. The van der Waals surface area contributed by atoms with Gasteiger partial charge in [0.2, 0.25) is 5.76 Å². The summed E-state index contributed by atoms with van der Waals surface area (Å²) in [6.45, 7) is 2.28. The molecule has 1 rings (SSSR count). The van der Waals surface area contributed by atoms with Gasteiger partial charge in [0.25, 0.3) is 11.8 Å². The van der Waals surface area contributed by atoms with Crippen molar-refractivity contribution in [2.75, 3.05) is 19.4 Å². The number of rotatable bonds is 6. The first-order chi connectivity index (χ1) is 8.42. The molecule has 0 fully saturated rings. The summed E-state index contributed by atoms with van der Waals surface area (Å²) in [5.74, 6) is -0.257. The molecule has 0 radical (unpaired) electrons. The molecule has 1 heterocycles. The van der Waals surface area contributed by atoms with E-state index in [0.717, 1.165) is 11.7 Å². The second-order valence-corrected chi connectivity index (χ2v) is 5.30. The summed E-state index contributed by atoms with van der Waals surface area (Å²) in [6.07, 6.45) is 2.39. The van der Waals surface area contributed by atoms with Gasteiger partial charge in [-0.05, 0) is 12.1 Å². The Morgan fingerprint density at radius 3 is 2.94 bits per heavy atom. The number of nitrogens with zero attached hydrogens (tertiary/aromatic N) is 1. The highest BCUT2D eigenvalue weighted by Crippen LogP contribution is 2.10. The maximum absolute atomic E-state index is 11.5. The zero-order chi connectivity index (χ0) is 13.6. The van der Waals surface area contributed by atoms with Gasteiger partial charge < -0.3 is 14.6 Å². The minimum atomic E-state index is -3.18. The number of hydrogen-bond acceptors (Lipinski definition) is 6. The first kappa shape index (κ1) is 14.2. The van der Waals surface area contributed by atoms with Crippen molar-refractivity contribution in [2.45, 2.75) is 6.92 Å². The van der Waals surface area contributed by atoms with Crippen molar-refractivity contribution in [2.24, 2.45) is 0 Å². The van der Waals surface area contributed by atoms with Crippen molar-refractivity contribution < 1.29 is 22.5 Å². The average molecular weight is 274 g/mol. The number of nitrogens with one attached hydrogen (secondary N) is 1. The van der Waals surface area contributed by atoms with E-state index in [1.165, 1.54) is 12.1 Å². The van der Waals surface area contributed by atoms with Gasteiger partial charge in [-0.25, -0.2) is 8.42 Å². The fraction of sp³-hybridized carbons (Fsp3) is 0.400. The van der Waals surface area contributed by atoms with Gasteiger partial charge in [-0.2, -0.15) is 0 Å². The van der Waals surface area contributed by atoms with Crippen LogP contribution in [0.2, 0.25) is 0 Å². The lowest BCUT2D eigenvalue weighted by molar-refractivity contribution is 0.0921. The molecule has 0 saturated carbocycles. The highest BCUT2D eigenvalue weighted by Gasteiger charge is 2.12. The first-order valence-electron chi connectivity index (χ1n) is 5.16. The van der Waals surface area contributed by atoms with E-state index in [1.807, 2.05) is 0 Å². The summed E-state index contributed by atoms with van der Waals surface area (Å²) in [5, 5.41) is 6.98. The molecule has 18 heavy (non-hydrogen) atoms. The van der Waals surface area contributed by atoms with Crippen LogP contribution in [0.3, 0.4) is 0 Å². The Morgan fingerprint density at radius 2 is 2.33 bits per heavy atom. The lowest BCUT2D eigenvalue weighted by atomic mass is 10.4. The quantitative estimate of drug-likeness (QED) is 0.804. The van der Waals surface area contributed by atoms with Gasteiger partial charge >= 0.3 is 0 Å². The fourth-order valence-electron chi connectivity index (χ4n) is 1.04. The van der Waals surface area contributed by atoms with Gasteiger partial charge in [0, 0.05) is 18.2 Å². The molecule has 8 heteroatoms. The van der Waals surface area contributed by atoms with Crippen molar-refractivity contribution in [1.82, 2.24) is 10.5 Å². The molecule has 1 aromatic rings. The smallest absolute Gasteiger partial charge is 0.290 e. The summed E-state index contributed by atoms with van der Waals surface area (Å²) in [7, 11) is -3.18. The van der Waals surface area contributed by atoms with Gasteiger partial charge in [-0.15, -0.1) is 0 Å². The Morgan fingerprint density at radius 1 is 1.61 bits per heavy atom. The molecule has 100 valence electrons. The van der Waals surface area contributed by atoms with Crippen LogP contribution in [0, 0.1) is 0 Å². The summed E-state index contributed by atoms with van der Waals surface area (Å²) in [5.41, 5.74) is 0. The maximum atomic E-state index is 11.5. The second-order valence-electron chi connectivity index (χ2n) is 3.37. The standard InChI is InChI=1S/C10H14N2O5S/c1-3-16-9-7-8(17-12-9)10(13)11-5-4-6-18(2,14)15/h4,6-7H,3,5H2,1-2H3,(H,11,13)/b6-4+. The monoisotopic (exact) mass is 274 g/mol. The van der Waals surface area contributed by atoms with Crippen molar-refractivity contribution in [1.29, 1.82) is 0 Å². The summed E-state index contributed by atoms with van der Waals surface area (Å²) < 4.78 is 31.3. The second kappa shape index (κ2) is 6.20. The molecular formula is C10H14N2O5S. The molecule has 1 aromatic heterocycles. The minimum Gasteiger partial charge on any atom is -0.476 e. The number of hydrogen-bond donors (Lipinski definition) is 1. The SMILES string of the molecule is CCOc1cc(C(=O)NC/C=C/S(C)(=O)=O)on1. The van der Waals surface area contributed by atoms with Crippen LogP contribution >= 0.6 is 0 Å². The van der Waals surface area contributed by atoms with Crippen molar-refractivity contribution >= 4 is 15.7 Å². The Kier molecular flexibility index (Phi) is 4.90. The number of aromatic nitrogens is 1. The van der Waals surface area contributed by atoms with Gasteiger partial charge in [-0.1, -0.05) is 6.08 Å². The Labute approximate surface area is 105 Å². The fourth-order valence-corrected chi connectivity index (χ4v) is 1.49. The molecule has 7 nitrogen and oxygen atoms in total. The summed E-state index contributed by atoms with van der Waals surface area (Å²) in [6, 6.07) is 1.36. The van der Waals surface area contributed by atoms with Crippen molar-refractivity contribution in [3.8, 4) is 5.88 Å². The van der Waals surface area contributed by atoms with E-state index in [1.54, 1.807) is 6.92 Å². The van der Waals surface area contributed by atoms with Gasteiger partial charge in [-0.3, -0.25) is 4.79 Å². The summed E-state index contributed by atoms with van der Waals surface area (Å²) in [4.78, 5) is 11.5. The van der Waals surface area contributed by atoms with Crippen molar-refractivity contribution in [3.63, 3.8) is 0 Å². The van der Waals surface area contributed by atoms with Crippen LogP contribution in [0.4, 0.5) is 0 Å². The van der Waals surface area contributed by atoms with E-state index in [2.05, 4.69) is 10.5 Å². The molecule has 1 amide bonds. The van der Waals surface area contributed by atoms with Crippen LogP contribution in [0.25, 0.3) is 0 Å². The number of amides is 1. The highest BCUT2D eigenvalue weighted by molar-refractivity contribution is 7.93. The molecule has 1 N–H and O–H groups in total. The Balaban J connectivity index is 2.47. The Hall–Kier alpha value is -1.83. The molecule has 0 aliphatic carbocycles. The lowest BCUT2D eigenvalue weighted by Crippen LogP contribution is -2.22. The van der Waals surface area contributed by atoms with Crippen LogP contribution in [-0.2, 0) is 9.84 Å². The predicted molar refractivity (Wildman–Crippen MR) is 64.0 cm³/mol. The zero-order valence-corrected chi connectivity index (χ0v) is 10.9. The van der Waals surface area contributed by atoms with Crippen molar-refractivity contribution in [3.05, 3.63) is 23.3 Å². The van der Waals surface area contributed by atoms with Gasteiger partial charge in [0.15, 0.2) is 9.84 Å². The van der Waals surface area contributed by atoms with Crippen LogP contribution in [0.15, 0.2) is 22.1 Å². The van der Waals surface area contributed by atoms with Gasteiger partial charge in [0.1, 0.15) is 0 Å². The van der Waals surface area contributed by atoms with Crippen LogP contribution in [0.5, 0.6) is 5.88 Å². The number of sulfone groups is 1. The average Bonchev–Trinajstić information content (AvgIpc) is 2.72. The maximum Gasteiger partial charge on any atom is 0.290 e. The molecular weight excluding hydrogens is 260 g/mol. The highest BCUT2D eigenvalue weighted by atomic mass is 32.2. The molecule has 0 aliphatic heterocycles. The molecule has 0 bridgehead atoms. The Bertz CT molecular complexity index is 532. The van der Waals surface area contributed by atoms with Gasteiger partial charge in [0.05, 0.1) is 12.7 Å². The van der Waals surface area contributed by atoms with E-state index in [4.69, 9.17) is 9.26 Å².